The van der Waals surface area contributed by atoms with Crippen LogP contribution < -0.4 is 10.1 Å². The molecule has 0 saturated carbocycles. The van der Waals surface area contributed by atoms with E-state index in [4.69, 9.17) is 4.74 Å². The molecule has 0 bridgehead atoms. The minimum Gasteiger partial charge on any atom is -0.492 e. The summed E-state index contributed by atoms with van der Waals surface area (Å²) in [7, 11) is 1.80. The van der Waals surface area contributed by atoms with Crippen LogP contribution in [0.3, 0.4) is 0 Å². The average Bonchev–Trinajstić information content (AvgIpc) is 2.48. The van der Waals surface area contributed by atoms with Crippen LogP contribution in [-0.2, 0) is 0 Å². The average molecular weight is 353 g/mol. The van der Waals surface area contributed by atoms with Gasteiger partial charge >= 0.3 is 0 Å². The third kappa shape index (κ3) is 4.02. The maximum absolute atomic E-state index is 14.2. The van der Waals surface area contributed by atoms with E-state index in [1.54, 1.807) is 25.5 Å². The summed E-state index contributed by atoms with van der Waals surface area (Å²) in [6.07, 6.45) is 4.33. The van der Waals surface area contributed by atoms with Gasteiger partial charge in [-0.1, -0.05) is 28.9 Å². The van der Waals surface area contributed by atoms with Gasteiger partial charge in [0.25, 0.3) is 0 Å². The van der Waals surface area contributed by atoms with Gasteiger partial charge in [0.1, 0.15) is 11.6 Å². The van der Waals surface area contributed by atoms with Gasteiger partial charge in [0.15, 0.2) is 0 Å². The molecule has 0 aliphatic rings. The molecule has 2 aromatic rings. The summed E-state index contributed by atoms with van der Waals surface area (Å²) < 4.78 is 20.5. The Hall–Kier alpha value is -1.46. The number of halogens is 2. The van der Waals surface area contributed by atoms with E-state index >= 15 is 0 Å². The number of nitrogens with zero attached hydrogens (tertiary/aromatic N) is 1. The lowest BCUT2D eigenvalue weighted by Gasteiger charge is -2.18. The number of nitrogens with one attached hydrogen (secondary N) is 1. The Labute approximate surface area is 132 Å². The first-order chi connectivity index (χ1) is 10.2. The van der Waals surface area contributed by atoms with Gasteiger partial charge in [0.05, 0.1) is 18.8 Å². The summed E-state index contributed by atoms with van der Waals surface area (Å²) in [4.78, 5) is 4.18. The predicted octanol–water partition coefficient (Wildman–Crippen LogP) is 4.08. The molecule has 0 aliphatic carbocycles. The summed E-state index contributed by atoms with van der Waals surface area (Å²) in [5.74, 6) is 0.440. The monoisotopic (exact) mass is 352 g/mol. The van der Waals surface area contributed by atoms with Gasteiger partial charge < -0.3 is 10.1 Å². The van der Waals surface area contributed by atoms with Crippen LogP contribution in [0.4, 0.5) is 4.39 Å². The molecule has 21 heavy (non-hydrogen) atoms. The van der Waals surface area contributed by atoms with Gasteiger partial charge in [-0.15, -0.1) is 0 Å². The molecule has 3 nitrogen and oxygen atoms in total. The van der Waals surface area contributed by atoms with Crippen LogP contribution in [-0.4, -0.2) is 18.6 Å². The van der Waals surface area contributed by atoms with E-state index in [1.807, 2.05) is 19.1 Å². The second-order valence-corrected chi connectivity index (χ2v) is 5.61. The van der Waals surface area contributed by atoms with Gasteiger partial charge in [-0.05, 0) is 37.2 Å². The van der Waals surface area contributed by atoms with E-state index in [0.717, 1.165) is 16.5 Å². The van der Waals surface area contributed by atoms with Gasteiger partial charge in [0.2, 0.25) is 0 Å². The van der Waals surface area contributed by atoms with Crippen LogP contribution >= 0.6 is 15.9 Å². The van der Waals surface area contributed by atoms with Gasteiger partial charge in [-0.3, -0.25) is 4.98 Å². The van der Waals surface area contributed by atoms with Crippen molar-refractivity contribution >= 4 is 15.9 Å². The molecule has 0 fully saturated rings. The maximum atomic E-state index is 14.2. The first-order valence-electron chi connectivity index (χ1n) is 6.85. The van der Waals surface area contributed by atoms with Crippen molar-refractivity contribution in [3.63, 3.8) is 0 Å². The first kappa shape index (κ1) is 15.9. The van der Waals surface area contributed by atoms with Crippen LogP contribution in [0.25, 0.3) is 0 Å². The van der Waals surface area contributed by atoms with Gasteiger partial charge in [0, 0.05) is 16.2 Å². The molecule has 0 spiro atoms. The van der Waals surface area contributed by atoms with Crippen molar-refractivity contribution in [3.05, 3.63) is 58.1 Å². The predicted molar refractivity (Wildman–Crippen MR) is 85.0 cm³/mol. The molecular weight excluding hydrogens is 335 g/mol. The molecular formula is C16H18BrFN2O. The topological polar surface area (TPSA) is 34.1 Å². The van der Waals surface area contributed by atoms with E-state index in [-0.39, 0.29) is 11.9 Å². The summed E-state index contributed by atoms with van der Waals surface area (Å²) in [6, 6.07) is 6.68. The number of benzene rings is 1. The first-order valence-corrected chi connectivity index (χ1v) is 7.65. The van der Waals surface area contributed by atoms with E-state index in [9.17, 15) is 4.39 Å². The fourth-order valence-electron chi connectivity index (χ4n) is 2.13. The highest BCUT2D eigenvalue weighted by molar-refractivity contribution is 9.10. The Kier molecular flexibility index (Phi) is 5.70. The van der Waals surface area contributed by atoms with E-state index in [2.05, 4.69) is 26.2 Å². The van der Waals surface area contributed by atoms with E-state index in [0.29, 0.717) is 17.9 Å². The Bertz CT molecular complexity index is 607. The molecule has 2 rings (SSSR count). The highest BCUT2D eigenvalue weighted by atomic mass is 79.9. The van der Waals surface area contributed by atoms with Crippen molar-refractivity contribution < 1.29 is 9.13 Å². The molecule has 1 aromatic heterocycles. The highest BCUT2D eigenvalue weighted by Crippen LogP contribution is 2.27. The summed E-state index contributed by atoms with van der Waals surface area (Å²) in [6.45, 7) is 2.69. The van der Waals surface area contributed by atoms with Crippen molar-refractivity contribution in [1.82, 2.24) is 10.3 Å². The largest absolute Gasteiger partial charge is 0.492 e. The Balaban J connectivity index is 2.32. The minimum atomic E-state index is -0.268. The molecule has 0 aliphatic heterocycles. The summed E-state index contributed by atoms with van der Waals surface area (Å²) in [5.41, 5.74) is 1.45. The van der Waals surface area contributed by atoms with Crippen molar-refractivity contribution in [2.45, 2.75) is 19.4 Å². The standard InChI is InChI=1S/C16H18BrFN2O/c1-3-6-21-13-7-11(9-20-10-13)16(19-2)14-5-4-12(17)8-15(14)18/h4-5,7-10,16,19H,3,6H2,1-2H3. The van der Waals surface area contributed by atoms with Crippen LogP contribution in [0.15, 0.2) is 41.1 Å². The lowest BCUT2D eigenvalue weighted by atomic mass is 10.00. The van der Waals surface area contributed by atoms with E-state index < -0.39 is 0 Å². The molecule has 1 unspecified atom stereocenters. The molecule has 0 radical (unpaired) electrons. The maximum Gasteiger partial charge on any atom is 0.137 e. The lowest BCUT2D eigenvalue weighted by molar-refractivity contribution is 0.315. The molecule has 1 aromatic carbocycles. The van der Waals surface area contributed by atoms with Crippen molar-refractivity contribution in [2.75, 3.05) is 13.7 Å². The quantitative estimate of drug-likeness (QED) is 0.850. The molecule has 1 heterocycles. The molecule has 112 valence electrons. The number of hydrogen-bond acceptors (Lipinski definition) is 3. The van der Waals surface area contributed by atoms with Crippen LogP contribution in [0, 0.1) is 5.82 Å². The molecule has 5 heteroatoms. The fraction of sp³-hybridized carbons (Fsp3) is 0.312. The lowest BCUT2D eigenvalue weighted by Crippen LogP contribution is -2.19. The summed E-state index contributed by atoms with van der Waals surface area (Å²) in [5, 5.41) is 3.13. The van der Waals surface area contributed by atoms with Crippen molar-refractivity contribution in [3.8, 4) is 5.75 Å². The molecule has 0 saturated heterocycles. The zero-order chi connectivity index (χ0) is 15.2. The zero-order valence-electron chi connectivity index (χ0n) is 12.1. The second-order valence-electron chi connectivity index (χ2n) is 4.69. The SMILES string of the molecule is CCCOc1cncc(C(NC)c2ccc(Br)cc2F)c1. The number of aromatic nitrogens is 1. The number of hydrogen-bond donors (Lipinski definition) is 1. The zero-order valence-corrected chi connectivity index (χ0v) is 13.7. The third-order valence-electron chi connectivity index (χ3n) is 3.10. The second kappa shape index (κ2) is 7.52. The van der Waals surface area contributed by atoms with Crippen molar-refractivity contribution in [1.29, 1.82) is 0 Å². The Morgan fingerprint density at radius 3 is 2.81 bits per heavy atom. The number of pyridine rings is 1. The fourth-order valence-corrected chi connectivity index (χ4v) is 2.46. The minimum absolute atomic E-state index is 0.261. The Morgan fingerprint density at radius 2 is 2.14 bits per heavy atom. The summed E-state index contributed by atoms with van der Waals surface area (Å²) >= 11 is 3.27. The third-order valence-corrected chi connectivity index (χ3v) is 3.60. The molecule has 0 amide bonds. The molecule has 1 N–H and O–H groups in total. The Morgan fingerprint density at radius 1 is 1.33 bits per heavy atom. The van der Waals surface area contributed by atoms with Gasteiger partial charge in [-0.25, -0.2) is 4.39 Å². The highest BCUT2D eigenvalue weighted by Gasteiger charge is 2.17. The molecule has 1 atom stereocenters. The van der Waals surface area contributed by atoms with E-state index in [1.165, 1.54) is 6.07 Å². The number of rotatable bonds is 6. The van der Waals surface area contributed by atoms with Crippen LogP contribution in [0.5, 0.6) is 5.75 Å². The van der Waals surface area contributed by atoms with Crippen LogP contribution in [0.1, 0.15) is 30.5 Å². The number of ether oxygens (including phenoxy) is 1. The smallest absolute Gasteiger partial charge is 0.137 e. The normalized spacial score (nSPS) is 12.2. The van der Waals surface area contributed by atoms with Gasteiger partial charge in [-0.2, -0.15) is 0 Å². The van der Waals surface area contributed by atoms with Crippen molar-refractivity contribution in [2.24, 2.45) is 0 Å². The van der Waals surface area contributed by atoms with Crippen LogP contribution in [0.2, 0.25) is 0 Å².